The molecule has 1 aromatic heterocycles. The average molecular weight is 552 g/mol. The van der Waals surface area contributed by atoms with Gasteiger partial charge >= 0.3 is 12.4 Å². The Morgan fingerprint density at radius 2 is 1.49 bits per heavy atom. The van der Waals surface area contributed by atoms with Crippen LogP contribution in [0.2, 0.25) is 0 Å². The topological polar surface area (TPSA) is 45.6 Å². The summed E-state index contributed by atoms with van der Waals surface area (Å²) < 4.78 is 81.4. The molecule has 3 aromatic rings. The average Bonchev–Trinajstić information content (AvgIpc) is 2.85. The molecule has 0 spiro atoms. The van der Waals surface area contributed by atoms with Gasteiger partial charge in [0.05, 0.1) is 11.1 Å². The highest BCUT2D eigenvalue weighted by Crippen LogP contribution is 2.37. The second kappa shape index (κ2) is 10.2. The Labute approximate surface area is 221 Å². The molecule has 0 atom stereocenters. The van der Waals surface area contributed by atoms with E-state index in [0.29, 0.717) is 48.3 Å². The van der Waals surface area contributed by atoms with Gasteiger partial charge in [0.2, 0.25) is 0 Å². The van der Waals surface area contributed by atoms with Crippen LogP contribution in [0.1, 0.15) is 43.9 Å². The van der Waals surface area contributed by atoms with Crippen molar-refractivity contribution in [2.24, 2.45) is 7.05 Å². The van der Waals surface area contributed by atoms with E-state index in [9.17, 15) is 35.9 Å². The maximum atomic E-state index is 13.8. The Balaban J connectivity index is 1.84. The molecule has 0 saturated carbocycles. The van der Waals surface area contributed by atoms with Crippen LogP contribution in [0, 0.1) is 6.92 Å². The van der Waals surface area contributed by atoms with Crippen molar-refractivity contribution in [3.05, 3.63) is 91.9 Å². The first-order chi connectivity index (χ1) is 18.1. The van der Waals surface area contributed by atoms with Crippen LogP contribution in [0.3, 0.4) is 0 Å². The SMILES string of the molecule is Cc1ccc(-c2c3c(c(=O)n(C)c2C(=O)N(C)Cc2cc(C(F)(F)F)cc(C(F)(F)F)c2)CN(C)CC3)cc1. The molecule has 2 heterocycles. The number of amides is 1. The van der Waals surface area contributed by atoms with Crippen molar-refractivity contribution in [2.45, 2.75) is 38.8 Å². The summed E-state index contributed by atoms with van der Waals surface area (Å²) in [5.41, 5.74) is -0.132. The lowest BCUT2D eigenvalue weighted by atomic mass is 9.89. The lowest BCUT2D eigenvalue weighted by molar-refractivity contribution is -0.143. The van der Waals surface area contributed by atoms with E-state index >= 15 is 0 Å². The van der Waals surface area contributed by atoms with E-state index < -0.39 is 35.9 Å². The molecule has 0 aliphatic carbocycles. The molecule has 1 aliphatic heterocycles. The normalized spacial score (nSPS) is 14.3. The third-order valence-electron chi connectivity index (χ3n) is 6.93. The zero-order chi connectivity index (χ0) is 28.9. The molecule has 0 bridgehead atoms. The van der Waals surface area contributed by atoms with Gasteiger partial charge in [-0.2, -0.15) is 26.3 Å². The van der Waals surface area contributed by atoms with Crippen molar-refractivity contribution >= 4 is 5.91 Å². The smallest absolute Gasteiger partial charge is 0.336 e. The largest absolute Gasteiger partial charge is 0.416 e. The van der Waals surface area contributed by atoms with Crippen molar-refractivity contribution in [3.63, 3.8) is 0 Å². The number of benzene rings is 2. The summed E-state index contributed by atoms with van der Waals surface area (Å²) >= 11 is 0. The van der Waals surface area contributed by atoms with E-state index in [0.717, 1.165) is 16.0 Å². The summed E-state index contributed by atoms with van der Waals surface area (Å²) in [5, 5.41) is 0. The summed E-state index contributed by atoms with van der Waals surface area (Å²) in [6.45, 7) is 2.40. The molecule has 0 fully saturated rings. The third kappa shape index (κ3) is 5.73. The Morgan fingerprint density at radius 3 is 2.03 bits per heavy atom. The molecule has 4 rings (SSSR count). The van der Waals surface area contributed by atoms with Crippen LogP contribution in [0.15, 0.2) is 47.3 Å². The highest BCUT2D eigenvalue weighted by Gasteiger charge is 2.37. The number of hydrogen-bond acceptors (Lipinski definition) is 3. The number of rotatable bonds is 4. The number of aromatic nitrogens is 1. The van der Waals surface area contributed by atoms with Gasteiger partial charge in [0.15, 0.2) is 0 Å². The minimum atomic E-state index is -5.01. The van der Waals surface area contributed by atoms with Gasteiger partial charge in [0.1, 0.15) is 5.69 Å². The summed E-state index contributed by atoms with van der Waals surface area (Å²) in [6.07, 6.45) is -9.52. The Kier molecular flexibility index (Phi) is 7.41. The molecule has 208 valence electrons. The number of halogens is 6. The zero-order valence-corrected chi connectivity index (χ0v) is 21.8. The minimum absolute atomic E-state index is 0.0256. The first kappa shape index (κ1) is 28.4. The standard InChI is InChI=1S/C28H27F6N3O2/c1-16-5-7-18(8-6-16)23-21-9-10-35(2)15-22(21)25(38)37(4)24(23)26(39)36(3)14-17-11-19(27(29,30)31)13-20(12-17)28(32,33)34/h5-8,11-13H,9-10,14-15H2,1-4H3. The number of hydrogen-bond donors (Lipinski definition) is 0. The minimum Gasteiger partial charge on any atom is -0.336 e. The van der Waals surface area contributed by atoms with Gasteiger partial charge in [-0.1, -0.05) is 29.8 Å². The maximum Gasteiger partial charge on any atom is 0.416 e. The Bertz CT molecular complexity index is 1440. The first-order valence-corrected chi connectivity index (χ1v) is 12.1. The van der Waals surface area contributed by atoms with Crippen LogP contribution >= 0.6 is 0 Å². The van der Waals surface area contributed by atoms with Crippen LogP contribution in [-0.4, -0.2) is 40.9 Å². The fourth-order valence-electron chi connectivity index (χ4n) is 4.90. The molecule has 1 aliphatic rings. The molecule has 1 amide bonds. The third-order valence-corrected chi connectivity index (χ3v) is 6.93. The number of likely N-dealkylation sites (N-methyl/N-ethyl adjacent to an activating group) is 1. The van der Waals surface area contributed by atoms with Crippen LogP contribution in [0.25, 0.3) is 11.1 Å². The van der Waals surface area contributed by atoms with E-state index in [2.05, 4.69) is 0 Å². The van der Waals surface area contributed by atoms with Crippen LogP contribution in [-0.2, 0) is 38.9 Å². The van der Waals surface area contributed by atoms with Gasteiger partial charge in [0, 0.05) is 44.9 Å². The number of pyridine rings is 1. The van der Waals surface area contributed by atoms with Crippen molar-refractivity contribution in [2.75, 3.05) is 20.6 Å². The molecule has 11 heteroatoms. The predicted octanol–water partition coefficient (Wildman–Crippen LogP) is 5.66. The molecular weight excluding hydrogens is 524 g/mol. The van der Waals surface area contributed by atoms with Crippen LogP contribution in [0.4, 0.5) is 26.3 Å². The first-order valence-electron chi connectivity index (χ1n) is 12.1. The summed E-state index contributed by atoms with van der Waals surface area (Å²) in [6, 6.07) is 8.62. The number of carbonyl (C=O) groups excluding carboxylic acids is 1. The Hall–Kier alpha value is -3.60. The molecule has 2 aromatic carbocycles. The van der Waals surface area contributed by atoms with Gasteiger partial charge in [-0.15, -0.1) is 0 Å². The van der Waals surface area contributed by atoms with Crippen molar-refractivity contribution in [3.8, 4) is 11.1 Å². The molecule has 0 N–H and O–H groups in total. The summed E-state index contributed by atoms with van der Waals surface area (Å²) in [5.74, 6) is -0.696. The zero-order valence-electron chi connectivity index (χ0n) is 21.8. The molecule has 0 saturated heterocycles. The number of nitrogens with zero attached hydrogens (tertiary/aromatic N) is 3. The molecule has 0 radical (unpaired) electrons. The quantitative estimate of drug-likeness (QED) is 0.394. The fraction of sp³-hybridized carbons (Fsp3) is 0.357. The Morgan fingerprint density at radius 1 is 0.923 bits per heavy atom. The second-order valence-corrected chi connectivity index (χ2v) is 9.97. The highest BCUT2D eigenvalue weighted by molar-refractivity contribution is 6.00. The molecule has 5 nitrogen and oxygen atoms in total. The van der Waals surface area contributed by atoms with E-state index in [1.54, 1.807) is 0 Å². The molecular formula is C28H27F6N3O2. The van der Waals surface area contributed by atoms with Crippen molar-refractivity contribution in [1.82, 2.24) is 14.4 Å². The second-order valence-electron chi connectivity index (χ2n) is 9.97. The van der Waals surface area contributed by atoms with E-state index in [1.807, 2.05) is 43.1 Å². The molecule has 39 heavy (non-hydrogen) atoms. The number of fused-ring (bicyclic) bond motifs is 1. The number of aryl methyl sites for hydroxylation is 1. The van der Waals surface area contributed by atoms with Gasteiger partial charge in [0.25, 0.3) is 11.5 Å². The number of carbonyl (C=O) groups is 1. The highest BCUT2D eigenvalue weighted by atomic mass is 19.4. The van der Waals surface area contributed by atoms with Gasteiger partial charge in [-0.05, 0) is 55.3 Å². The summed E-state index contributed by atoms with van der Waals surface area (Å²) in [7, 11) is 4.61. The van der Waals surface area contributed by atoms with E-state index in [1.165, 1.54) is 18.7 Å². The van der Waals surface area contributed by atoms with Crippen molar-refractivity contribution in [1.29, 1.82) is 0 Å². The maximum absolute atomic E-state index is 13.8. The lowest BCUT2D eigenvalue weighted by Crippen LogP contribution is -2.39. The monoisotopic (exact) mass is 551 g/mol. The van der Waals surface area contributed by atoms with E-state index in [4.69, 9.17) is 0 Å². The van der Waals surface area contributed by atoms with Gasteiger partial charge in [-0.25, -0.2) is 0 Å². The summed E-state index contributed by atoms with van der Waals surface area (Å²) in [4.78, 5) is 30.2. The van der Waals surface area contributed by atoms with Crippen LogP contribution < -0.4 is 5.56 Å². The van der Waals surface area contributed by atoms with E-state index in [-0.39, 0.29) is 22.9 Å². The van der Waals surface area contributed by atoms with Gasteiger partial charge < -0.3 is 14.4 Å². The molecule has 0 unspecified atom stereocenters. The fourth-order valence-corrected chi connectivity index (χ4v) is 4.90. The van der Waals surface area contributed by atoms with Crippen molar-refractivity contribution < 1.29 is 31.1 Å². The lowest BCUT2D eigenvalue weighted by Gasteiger charge is -2.30. The van der Waals surface area contributed by atoms with Crippen LogP contribution in [0.5, 0.6) is 0 Å². The predicted molar refractivity (Wildman–Crippen MR) is 134 cm³/mol. The number of alkyl halides is 6. The van der Waals surface area contributed by atoms with Gasteiger partial charge in [-0.3, -0.25) is 9.59 Å².